The van der Waals surface area contributed by atoms with Crippen molar-refractivity contribution in [1.29, 1.82) is 0 Å². The van der Waals surface area contributed by atoms with E-state index in [0.29, 0.717) is 12.1 Å². The van der Waals surface area contributed by atoms with Crippen LogP contribution in [0, 0.1) is 0 Å². The molecule has 132 valence electrons. The highest BCUT2D eigenvalue weighted by atomic mass is 35.5. The van der Waals surface area contributed by atoms with Gasteiger partial charge in [-0.2, -0.15) is 13.2 Å². The van der Waals surface area contributed by atoms with Crippen molar-refractivity contribution in [3.63, 3.8) is 0 Å². The van der Waals surface area contributed by atoms with Gasteiger partial charge in [0.15, 0.2) is 0 Å². The number of nitrogens with one attached hydrogen (secondary N) is 2. The standard InChI is InChI=1S/C15H9Cl2F3N2O2S/c16-11-6-9(15(18,19)20)7-12(17)14(11)25(23,24)22-10-1-2-13-8(5-10)3-4-21-13/h1-7,21-22H. The van der Waals surface area contributed by atoms with E-state index < -0.39 is 36.7 Å². The number of H-pyrrole nitrogens is 1. The topological polar surface area (TPSA) is 62.0 Å². The van der Waals surface area contributed by atoms with Crippen LogP contribution < -0.4 is 4.72 Å². The van der Waals surface area contributed by atoms with Gasteiger partial charge >= 0.3 is 6.18 Å². The van der Waals surface area contributed by atoms with Crippen molar-refractivity contribution in [1.82, 2.24) is 4.98 Å². The normalized spacial score (nSPS) is 12.5. The Hall–Kier alpha value is -1.90. The largest absolute Gasteiger partial charge is 0.416 e. The Balaban J connectivity index is 2.02. The summed E-state index contributed by atoms with van der Waals surface area (Å²) in [5, 5.41) is -0.477. The maximum atomic E-state index is 12.8. The van der Waals surface area contributed by atoms with E-state index in [1.54, 1.807) is 24.4 Å². The number of hydrogen-bond donors (Lipinski definition) is 2. The molecule has 0 bridgehead atoms. The highest BCUT2D eigenvalue weighted by Crippen LogP contribution is 2.38. The quantitative estimate of drug-likeness (QED) is 0.617. The second-order valence-electron chi connectivity index (χ2n) is 5.15. The number of aromatic amines is 1. The lowest BCUT2D eigenvalue weighted by Crippen LogP contribution is -2.15. The molecule has 2 N–H and O–H groups in total. The third-order valence-electron chi connectivity index (χ3n) is 3.40. The molecule has 10 heteroatoms. The van der Waals surface area contributed by atoms with Crippen molar-refractivity contribution in [3.8, 4) is 0 Å². The van der Waals surface area contributed by atoms with Crippen LogP contribution in [-0.4, -0.2) is 13.4 Å². The van der Waals surface area contributed by atoms with Gasteiger partial charge in [0.05, 0.1) is 15.6 Å². The van der Waals surface area contributed by atoms with Gasteiger partial charge in [0.2, 0.25) is 0 Å². The summed E-state index contributed by atoms with van der Waals surface area (Å²) in [7, 11) is -4.28. The lowest BCUT2D eigenvalue weighted by atomic mass is 10.2. The molecule has 0 saturated carbocycles. The number of fused-ring (bicyclic) bond motifs is 1. The fourth-order valence-electron chi connectivity index (χ4n) is 2.30. The zero-order chi connectivity index (χ0) is 18.4. The van der Waals surface area contributed by atoms with E-state index in [4.69, 9.17) is 23.2 Å². The summed E-state index contributed by atoms with van der Waals surface area (Å²) in [5.74, 6) is 0. The predicted octanol–water partition coefficient (Wildman–Crippen LogP) is 5.29. The van der Waals surface area contributed by atoms with Crippen molar-refractivity contribution in [2.24, 2.45) is 0 Å². The molecule has 3 rings (SSSR count). The van der Waals surface area contributed by atoms with Crippen LogP contribution in [-0.2, 0) is 16.2 Å². The molecule has 1 aromatic heterocycles. The van der Waals surface area contributed by atoms with Gasteiger partial charge in [-0.1, -0.05) is 23.2 Å². The molecule has 1 heterocycles. The third-order valence-corrected chi connectivity index (χ3v) is 5.70. The molecule has 4 nitrogen and oxygen atoms in total. The number of rotatable bonds is 3. The molecular weight excluding hydrogens is 400 g/mol. The molecule has 0 unspecified atom stereocenters. The molecule has 0 saturated heterocycles. The fraction of sp³-hybridized carbons (Fsp3) is 0.0667. The minimum atomic E-state index is -4.69. The number of halogens is 5. The van der Waals surface area contributed by atoms with Gasteiger partial charge in [-0.3, -0.25) is 4.72 Å². The van der Waals surface area contributed by atoms with Gasteiger partial charge in [-0.25, -0.2) is 8.42 Å². The first-order valence-corrected chi connectivity index (χ1v) is 8.98. The van der Waals surface area contributed by atoms with E-state index in [0.717, 1.165) is 10.9 Å². The van der Waals surface area contributed by atoms with Crippen LogP contribution >= 0.6 is 23.2 Å². The Bertz CT molecular complexity index is 1040. The average Bonchev–Trinajstić information content (AvgIpc) is 2.92. The highest BCUT2D eigenvalue weighted by Gasteiger charge is 2.34. The van der Waals surface area contributed by atoms with Crippen molar-refractivity contribution >= 4 is 49.8 Å². The lowest BCUT2D eigenvalue weighted by molar-refractivity contribution is -0.137. The van der Waals surface area contributed by atoms with E-state index >= 15 is 0 Å². The van der Waals surface area contributed by atoms with Gasteiger partial charge in [0.25, 0.3) is 10.0 Å². The zero-order valence-electron chi connectivity index (χ0n) is 12.2. The number of aromatic nitrogens is 1. The van der Waals surface area contributed by atoms with Gasteiger partial charge in [-0.15, -0.1) is 0 Å². The summed E-state index contributed by atoms with van der Waals surface area (Å²) < 4.78 is 65.5. The Morgan fingerprint density at radius 1 is 1.00 bits per heavy atom. The molecular formula is C15H9Cl2F3N2O2S. The molecule has 2 aromatic carbocycles. The van der Waals surface area contributed by atoms with Crippen LogP contribution in [0.3, 0.4) is 0 Å². The number of anilines is 1. The Morgan fingerprint density at radius 3 is 2.24 bits per heavy atom. The minimum absolute atomic E-state index is 0.221. The summed E-state index contributed by atoms with van der Waals surface area (Å²) in [5.41, 5.74) is -0.108. The molecule has 0 amide bonds. The van der Waals surface area contributed by atoms with Crippen molar-refractivity contribution < 1.29 is 21.6 Å². The molecule has 0 spiro atoms. The van der Waals surface area contributed by atoms with Gasteiger partial charge in [0.1, 0.15) is 4.90 Å². The Labute approximate surface area is 150 Å². The molecule has 0 radical (unpaired) electrons. The highest BCUT2D eigenvalue weighted by molar-refractivity contribution is 7.93. The van der Waals surface area contributed by atoms with Crippen LogP contribution in [0.15, 0.2) is 47.5 Å². The summed E-state index contributed by atoms with van der Waals surface area (Å²) >= 11 is 11.5. The van der Waals surface area contributed by atoms with E-state index in [-0.39, 0.29) is 5.69 Å². The first kappa shape index (κ1) is 17.9. The van der Waals surface area contributed by atoms with Gasteiger partial charge in [-0.05, 0) is 36.4 Å². The van der Waals surface area contributed by atoms with E-state index in [9.17, 15) is 21.6 Å². The van der Waals surface area contributed by atoms with E-state index in [1.807, 2.05) is 0 Å². The first-order valence-electron chi connectivity index (χ1n) is 6.74. The van der Waals surface area contributed by atoms with E-state index in [1.165, 1.54) is 6.07 Å². The smallest absolute Gasteiger partial charge is 0.361 e. The minimum Gasteiger partial charge on any atom is -0.361 e. The van der Waals surface area contributed by atoms with Crippen molar-refractivity contribution in [3.05, 3.63) is 58.2 Å². The maximum Gasteiger partial charge on any atom is 0.416 e. The number of hydrogen-bond acceptors (Lipinski definition) is 2. The average molecular weight is 409 g/mol. The number of sulfonamides is 1. The Morgan fingerprint density at radius 2 is 1.64 bits per heavy atom. The maximum absolute atomic E-state index is 12.8. The van der Waals surface area contributed by atoms with Crippen LogP contribution in [0.1, 0.15) is 5.56 Å². The molecule has 0 aliphatic carbocycles. The lowest BCUT2D eigenvalue weighted by Gasteiger charge is -2.14. The molecule has 0 fully saturated rings. The zero-order valence-corrected chi connectivity index (χ0v) is 14.5. The molecule has 0 aliphatic rings. The summed E-state index contributed by atoms with van der Waals surface area (Å²) in [4.78, 5) is 2.34. The van der Waals surface area contributed by atoms with Crippen LogP contribution in [0.4, 0.5) is 18.9 Å². The monoisotopic (exact) mass is 408 g/mol. The van der Waals surface area contributed by atoms with Gasteiger partial charge in [0, 0.05) is 22.8 Å². The SMILES string of the molecule is O=S(=O)(Nc1ccc2[nH]ccc2c1)c1c(Cl)cc(C(F)(F)F)cc1Cl. The second-order valence-corrected chi connectivity index (χ2v) is 7.59. The fourth-order valence-corrected chi connectivity index (χ4v) is 4.57. The third kappa shape index (κ3) is 3.56. The second kappa shape index (κ2) is 6.12. The first-order chi connectivity index (χ1) is 11.6. The number of alkyl halides is 3. The summed E-state index contributed by atoms with van der Waals surface area (Å²) in [6, 6.07) is 7.51. The van der Waals surface area contributed by atoms with Gasteiger partial charge < -0.3 is 4.98 Å². The predicted molar refractivity (Wildman–Crippen MR) is 90.6 cm³/mol. The van der Waals surface area contributed by atoms with Crippen LogP contribution in [0.2, 0.25) is 10.0 Å². The van der Waals surface area contributed by atoms with Crippen molar-refractivity contribution in [2.45, 2.75) is 11.1 Å². The summed E-state index contributed by atoms with van der Waals surface area (Å²) in [6.45, 7) is 0. The molecule has 0 atom stereocenters. The number of benzene rings is 2. The molecule has 3 aromatic rings. The molecule has 0 aliphatic heterocycles. The summed E-state index contributed by atoms with van der Waals surface area (Å²) in [6.07, 6.45) is -3.01. The molecule has 25 heavy (non-hydrogen) atoms. The van der Waals surface area contributed by atoms with E-state index in [2.05, 4.69) is 9.71 Å². The Kier molecular flexibility index (Phi) is 4.38. The van der Waals surface area contributed by atoms with Crippen molar-refractivity contribution in [2.75, 3.05) is 4.72 Å². The van der Waals surface area contributed by atoms with Crippen LogP contribution in [0.5, 0.6) is 0 Å². The van der Waals surface area contributed by atoms with Crippen LogP contribution in [0.25, 0.3) is 10.9 Å².